The molecule has 4 nitrogen and oxygen atoms in total. The van der Waals surface area contributed by atoms with Crippen LogP contribution in [0.2, 0.25) is 0 Å². The molecule has 0 spiro atoms. The van der Waals surface area contributed by atoms with E-state index in [0.29, 0.717) is 23.7 Å². The summed E-state index contributed by atoms with van der Waals surface area (Å²) in [7, 11) is 1.60. The van der Waals surface area contributed by atoms with Gasteiger partial charge in [-0.1, -0.05) is 0 Å². The Morgan fingerprint density at radius 3 is 2.44 bits per heavy atom. The molecule has 6 heteroatoms. The number of hydrogen-bond donors (Lipinski definition) is 0. The Kier molecular flexibility index (Phi) is 6.43. The van der Waals surface area contributed by atoms with Crippen LogP contribution in [0.4, 0.5) is 10.2 Å². The molecule has 3 aromatic carbocycles. The van der Waals surface area contributed by atoms with E-state index in [1.807, 2.05) is 18.2 Å². The molecule has 34 heavy (non-hydrogen) atoms. The molecule has 0 aliphatic carbocycles. The van der Waals surface area contributed by atoms with Crippen molar-refractivity contribution >= 4 is 35.6 Å². The third kappa shape index (κ3) is 4.60. The summed E-state index contributed by atoms with van der Waals surface area (Å²) in [4.78, 5) is 20.2. The number of nitrogens with zero attached hydrogens (tertiary/aromatic N) is 2. The van der Waals surface area contributed by atoms with Gasteiger partial charge in [0, 0.05) is 0 Å². The van der Waals surface area contributed by atoms with Crippen molar-refractivity contribution in [2.45, 2.75) is 12.8 Å². The average molecular weight is 517 g/mol. The van der Waals surface area contributed by atoms with Gasteiger partial charge >= 0.3 is 205 Å². The number of carbonyl (C=O) groups excluding carboxylic acids is 1. The van der Waals surface area contributed by atoms with E-state index < -0.39 is 0 Å². The second-order valence-electron chi connectivity index (χ2n) is 8.03. The number of pyridine rings is 1. The number of ether oxygens (including phenoxy) is 1. The summed E-state index contributed by atoms with van der Waals surface area (Å²) in [6, 6.07) is 26.1. The Morgan fingerprint density at radius 2 is 1.74 bits per heavy atom. The minimum atomic E-state index is -0.284. The van der Waals surface area contributed by atoms with Crippen LogP contribution in [0, 0.1) is 5.82 Å². The molecular formula is C28H23FN2O2Se. The second-order valence-corrected chi connectivity index (χ2v) is 10.4. The number of fused-ring (bicyclic) bond motifs is 1. The van der Waals surface area contributed by atoms with Gasteiger partial charge in [-0.05, 0) is 0 Å². The number of aromatic nitrogens is 1. The van der Waals surface area contributed by atoms with Crippen LogP contribution >= 0.6 is 0 Å². The predicted molar refractivity (Wildman–Crippen MR) is 134 cm³/mol. The molecule has 0 atom stereocenters. The number of carbonyl (C=O) groups is 1. The van der Waals surface area contributed by atoms with Gasteiger partial charge < -0.3 is 0 Å². The van der Waals surface area contributed by atoms with Crippen molar-refractivity contribution < 1.29 is 13.9 Å². The molecule has 5 rings (SSSR count). The van der Waals surface area contributed by atoms with E-state index in [1.54, 1.807) is 48.4 Å². The van der Waals surface area contributed by atoms with Crippen LogP contribution in [-0.4, -0.2) is 39.5 Å². The van der Waals surface area contributed by atoms with E-state index in [9.17, 15) is 9.18 Å². The van der Waals surface area contributed by atoms with E-state index in [2.05, 4.69) is 18.2 Å². The summed E-state index contributed by atoms with van der Waals surface area (Å²) in [6.45, 7) is 0.608. The number of halogens is 1. The van der Waals surface area contributed by atoms with Gasteiger partial charge in [0.2, 0.25) is 0 Å². The maximum absolute atomic E-state index is 13.7. The van der Waals surface area contributed by atoms with Crippen LogP contribution in [0.3, 0.4) is 0 Å². The zero-order valence-electron chi connectivity index (χ0n) is 18.7. The van der Waals surface area contributed by atoms with Crippen LogP contribution in [0.5, 0.6) is 5.75 Å². The quantitative estimate of drug-likeness (QED) is 0.374. The van der Waals surface area contributed by atoms with Crippen molar-refractivity contribution in [3.05, 3.63) is 102 Å². The summed E-state index contributed by atoms with van der Waals surface area (Å²) >= 11 is 0.0231. The molecule has 1 aliphatic heterocycles. The van der Waals surface area contributed by atoms with E-state index in [0.717, 1.165) is 34.1 Å². The number of anilines is 1. The molecule has 0 saturated carbocycles. The Bertz CT molecular complexity index is 1310. The number of hydrogen-bond acceptors (Lipinski definition) is 3. The van der Waals surface area contributed by atoms with Crippen LogP contribution < -0.4 is 18.6 Å². The molecule has 1 aromatic heterocycles. The molecule has 1 amide bonds. The molecular weight excluding hydrogens is 494 g/mol. The topological polar surface area (TPSA) is 42.4 Å². The fourth-order valence-corrected chi connectivity index (χ4v) is 6.19. The minimum absolute atomic E-state index is 0.0231. The molecule has 4 aromatic rings. The van der Waals surface area contributed by atoms with E-state index >= 15 is 0 Å². The summed E-state index contributed by atoms with van der Waals surface area (Å²) < 4.78 is 21.2. The first-order valence-electron chi connectivity index (χ1n) is 11.1. The summed E-state index contributed by atoms with van der Waals surface area (Å²) in [5.74, 6) is 1.04. The van der Waals surface area contributed by atoms with Crippen LogP contribution in [-0.2, 0) is 6.42 Å². The Labute approximate surface area is 204 Å². The number of benzene rings is 3. The molecule has 1 aliphatic rings. The van der Waals surface area contributed by atoms with Gasteiger partial charge in [0.15, 0.2) is 0 Å². The Balaban J connectivity index is 1.58. The fourth-order valence-electron chi connectivity index (χ4n) is 4.07. The van der Waals surface area contributed by atoms with Gasteiger partial charge in [0.25, 0.3) is 0 Å². The molecule has 0 bridgehead atoms. The molecule has 0 radical (unpaired) electrons. The summed E-state index contributed by atoms with van der Waals surface area (Å²) in [6.07, 6.45) is 1.75. The first kappa shape index (κ1) is 22.3. The van der Waals surface area contributed by atoms with Gasteiger partial charge in [-0.15, -0.1) is 0 Å². The fraction of sp³-hybridized carbons (Fsp3) is 0.143. The van der Waals surface area contributed by atoms with Crippen molar-refractivity contribution in [3.8, 4) is 17.0 Å². The number of rotatable bonds is 5. The van der Waals surface area contributed by atoms with Crippen molar-refractivity contribution in [1.82, 2.24) is 4.98 Å². The van der Waals surface area contributed by atoms with Crippen LogP contribution in [0.15, 0.2) is 84.9 Å². The van der Waals surface area contributed by atoms with Crippen LogP contribution in [0.25, 0.3) is 11.3 Å². The molecule has 0 fully saturated rings. The molecule has 0 saturated heterocycles. The SMILES string of the molecule is COc1ccc(C(=O)N2CCCc3cc([Se]c4ccccc4)c(-c4ccc(F)cc4)nc32)cc1. The standard InChI is InChI=1S/C28H23FN2O2Se/c1-33-23-15-11-20(12-16-23)28(32)31-17-5-6-21-18-25(34-24-7-3-2-4-8-24)26(30-27(21)31)19-9-13-22(29)14-10-19/h2-4,7-16,18H,5-6,17H2,1H3. The van der Waals surface area contributed by atoms with Crippen molar-refractivity contribution in [3.63, 3.8) is 0 Å². The van der Waals surface area contributed by atoms with E-state index in [1.165, 1.54) is 16.6 Å². The van der Waals surface area contributed by atoms with Crippen LogP contribution in [0.1, 0.15) is 22.3 Å². The Morgan fingerprint density at radius 1 is 1.00 bits per heavy atom. The van der Waals surface area contributed by atoms with Gasteiger partial charge in [0.1, 0.15) is 0 Å². The number of amides is 1. The second kappa shape index (κ2) is 9.80. The molecule has 2 heterocycles. The van der Waals surface area contributed by atoms with Gasteiger partial charge in [-0.2, -0.15) is 0 Å². The molecule has 170 valence electrons. The molecule has 0 unspecified atom stereocenters. The first-order valence-corrected chi connectivity index (χ1v) is 12.8. The van der Waals surface area contributed by atoms with Gasteiger partial charge in [-0.3, -0.25) is 0 Å². The third-order valence-corrected chi connectivity index (χ3v) is 7.98. The third-order valence-electron chi connectivity index (χ3n) is 5.80. The van der Waals surface area contributed by atoms with Crippen molar-refractivity contribution in [2.24, 2.45) is 0 Å². The van der Waals surface area contributed by atoms with E-state index in [-0.39, 0.29) is 26.7 Å². The number of methoxy groups -OCH3 is 1. The number of aryl methyl sites for hydroxylation is 1. The Hall–Kier alpha value is -3.47. The van der Waals surface area contributed by atoms with Gasteiger partial charge in [-0.25, -0.2) is 0 Å². The normalized spacial score (nSPS) is 12.8. The first-order chi connectivity index (χ1) is 16.6. The maximum atomic E-state index is 13.7. The van der Waals surface area contributed by atoms with Crippen molar-refractivity contribution in [2.75, 3.05) is 18.6 Å². The summed E-state index contributed by atoms with van der Waals surface area (Å²) in [5, 5.41) is 0. The van der Waals surface area contributed by atoms with Gasteiger partial charge in [0.05, 0.1) is 0 Å². The van der Waals surface area contributed by atoms with Crippen molar-refractivity contribution in [1.29, 1.82) is 0 Å². The van der Waals surface area contributed by atoms with E-state index in [4.69, 9.17) is 9.72 Å². The molecule has 0 N–H and O–H groups in total. The zero-order valence-corrected chi connectivity index (χ0v) is 20.4. The summed E-state index contributed by atoms with van der Waals surface area (Å²) in [5.41, 5.74) is 3.32. The zero-order chi connectivity index (χ0) is 23.5. The predicted octanol–water partition coefficient (Wildman–Crippen LogP) is 4.14. The average Bonchev–Trinajstić information content (AvgIpc) is 2.89. The monoisotopic (exact) mass is 518 g/mol.